The maximum atomic E-state index is 12.4. The number of aryl methyl sites for hydroxylation is 2. The Bertz CT molecular complexity index is 1120. The van der Waals surface area contributed by atoms with E-state index in [0.717, 1.165) is 81.1 Å². The summed E-state index contributed by atoms with van der Waals surface area (Å²) < 4.78 is 13.5. The molecular weight excluding hydrogens is 478 g/mol. The van der Waals surface area contributed by atoms with Crippen molar-refractivity contribution in [3.63, 3.8) is 0 Å². The Morgan fingerprint density at radius 3 is 2.66 bits per heavy atom. The Morgan fingerprint density at radius 1 is 1.03 bits per heavy atom. The Morgan fingerprint density at radius 2 is 1.84 bits per heavy atom. The molecule has 0 spiro atoms. The van der Waals surface area contributed by atoms with Crippen LogP contribution in [0.5, 0.6) is 5.75 Å². The third kappa shape index (κ3) is 9.10. The summed E-state index contributed by atoms with van der Waals surface area (Å²) in [5.74, 6) is 0.828. The topological polar surface area (TPSA) is 80.7 Å². The number of nitrogens with one attached hydrogen (secondary N) is 2. The number of urea groups is 1. The molecule has 1 aromatic heterocycles. The molecule has 0 bridgehead atoms. The highest BCUT2D eigenvalue weighted by atomic mass is 16.5. The normalized spacial score (nSPS) is 12.6. The second kappa shape index (κ2) is 15.0. The number of amides is 2. The van der Waals surface area contributed by atoms with E-state index in [1.807, 2.05) is 42.3 Å². The molecule has 2 aromatic carbocycles. The van der Waals surface area contributed by atoms with E-state index in [2.05, 4.69) is 50.8 Å². The van der Waals surface area contributed by atoms with Crippen molar-refractivity contribution in [2.24, 2.45) is 7.05 Å². The van der Waals surface area contributed by atoms with Crippen molar-refractivity contribution < 1.29 is 14.3 Å². The minimum Gasteiger partial charge on any atom is -0.490 e. The number of benzene rings is 2. The van der Waals surface area contributed by atoms with Gasteiger partial charge in [0.2, 0.25) is 0 Å². The summed E-state index contributed by atoms with van der Waals surface area (Å²) >= 11 is 0. The highest BCUT2D eigenvalue weighted by molar-refractivity contribution is 5.90. The maximum Gasteiger partial charge on any atom is 0.319 e. The largest absolute Gasteiger partial charge is 0.490 e. The third-order valence-corrected chi connectivity index (χ3v) is 6.64. The van der Waals surface area contributed by atoms with Crippen LogP contribution in [0.15, 0.2) is 61.1 Å². The molecule has 0 atom stereocenters. The fraction of sp³-hybridized carbons (Fsp3) is 0.467. The molecule has 2 heterocycles. The second-order valence-electron chi connectivity index (χ2n) is 9.83. The first kappa shape index (κ1) is 27.5. The quantitative estimate of drug-likeness (QED) is 0.258. The number of aromatic nitrogens is 2. The SMILES string of the molecule is Cn1cnc(CN2CCOc3ccc(NC(=O)NCCCCCCOCCCCc4ccccc4)cc32)c1. The average molecular weight is 520 g/mol. The maximum absolute atomic E-state index is 12.4. The van der Waals surface area contributed by atoms with Crippen LogP contribution in [0.3, 0.4) is 0 Å². The van der Waals surface area contributed by atoms with E-state index in [4.69, 9.17) is 9.47 Å². The Labute approximate surface area is 226 Å². The molecule has 8 nitrogen and oxygen atoms in total. The summed E-state index contributed by atoms with van der Waals surface area (Å²) in [7, 11) is 1.97. The number of carbonyl (C=O) groups excluding carboxylic acids is 1. The van der Waals surface area contributed by atoms with E-state index in [1.54, 1.807) is 0 Å². The number of carbonyl (C=O) groups is 1. The molecular formula is C30H41N5O3. The fourth-order valence-electron chi connectivity index (χ4n) is 4.60. The van der Waals surface area contributed by atoms with Gasteiger partial charge in [0.15, 0.2) is 0 Å². The number of rotatable bonds is 15. The number of unbranched alkanes of at least 4 members (excludes halogenated alkanes) is 4. The van der Waals surface area contributed by atoms with Crippen LogP contribution in [0.4, 0.5) is 16.2 Å². The molecule has 0 saturated carbocycles. The number of hydrogen-bond donors (Lipinski definition) is 2. The molecule has 204 valence electrons. The van der Waals surface area contributed by atoms with Crippen molar-refractivity contribution in [2.45, 2.75) is 51.5 Å². The lowest BCUT2D eigenvalue weighted by Gasteiger charge is -2.31. The van der Waals surface area contributed by atoms with E-state index in [1.165, 1.54) is 12.0 Å². The highest BCUT2D eigenvalue weighted by Gasteiger charge is 2.20. The predicted octanol–water partition coefficient (Wildman–Crippen LogP) is 5.54. The van der Waals surface area contributed by atoms with E-state index >= 15 is 0 Å². The van der Waals surface area contributed by atoms with Crippen molar-refractivity contribution in [1.29, 1.82) is 0 Å². The van der Waals surface area contributed by atoms with E-state index in [0.29, 0.717) is 19.7 Å². The smallest absolute Gasteiger partial charge is 0.319 e. The van der Waals surface area contributed by atoms with Gasteiger partial charge in [-0.3, -0.25) is 0 Å². The highest BCUT2D eigenvalue weighted by Crippen LogP contribution is 2.34. The zero-order valence-corrected chi connectivity index (χ0v) is 22.5. The number of anilines is 2. The molecule has 8 heteroatoms. The number of hydrogen-bond acceptors (Lipinski definition) is 5. The predicted molar refractivity (Wildman–Crippen MR) is 152 cm³/mol. The Balaban J connectivity index is 1.05. The fourth-order valence-corrected chi connectivity index (χ4v) is 4.60. The zero-order chi connectivity index (χ0) is 26.4. The summed E-state index contributed by atoms with van der Waals surface area (Å²) in [4.78, 5) is 19.1. The number of ether oxygens (including phenoxy) is 2. The number of imidazole rings is 1. The Kier molecular flexibility index (Phi) is 10.9. The molecule has 2 N–H and O–H groups in total. The molecule has 0 radical (unpaired) electrons. The van der Waals surface area contributed by atoms with Gasteiger partial charge in [-0.1, -0.05) is 43.2 Å². The van der Waals surface area contributed by atoms with Crippen LogP contribution in [-0.4, -0.2) is 48.5 Å². The second-order valence-corrected chi connectivity index (χ2v) is 9.83. The van der Waals surface area contributed by atoms with Crippen molar-refractivity contribution in [2.75, 3.05) is 43.1 Å². The first-order valence-electron chi connectivity index (χ1n) is 13.8. The van der Waals surface area contributed by atoms with Crippen LogP contribution in [0, 0.1) is 0 Å². The van der Waals surface area contributed by atoms with Crippen LogP contribution in [0.1, 0.15) is 49.8 Å². The lowest BCUT2D eigenvalue weighted by atomic mass is 10.1. The summed E-state index contributed by atoms with van der Waals surface area (Å²) in [6.07, 6.45) is 11.4. The van der Waals surface area contributed by atoms with Gasteiger partial charge in [0, 0.05) is 38.7 Å². The van der Waals surface area contributed by atoms with Gasteiger partial charge in [0.25, 0.3) is 0 Å². The summed E-state index contributed by atoms with van der Waals surface area (Å²) in [6.45, 7) is 4.42. The molecule has 0 unspecified atom stereocenters. The van der Waals surface area contributed by atoms with E-state index in [9.17, 15) is 4.79 Å². The van der Waals surface area contributed by atoms with Crippen molar-refractivity contribution >= 4 is 17.4 Å². The van der Waals surface area contributed by atoms with Gasteiger partial charge in [-0.05, 0) is 55.9 Å². The van der Waals surface area contributed by atoms with Crippen LogP contribution in [0.25, 0.3) is 0 Å². The summed E-state index contributed by atoms with van der Waals surface area (Å²) in [6, 6.07) is 16.2. The van der Waals surface area contributed by atoms with Crippen LogP contribution >= 0.6 is 0 Å². The van der Waals surface area contributed by atoms with Crippen LogP contribution < -0.4 is 20.3 Å². The third-order valence-electron chi connectivity index (χ3n) is 6.64. The zero-order valence-electron chi connectivity index (χ0n) is 22.5. The summed E-state index contributed by atoms with van der Waals surface area (Å²) in [5, 5.41) is 5.92. The number of nitrogens with zero attached hydrogens (tertiary/aromatic N) is 3. The molecule has 1 aliphatic heterocycles. The van der Waals surface area contributed by atoms with Gasteiger partial charge >= 0.3 is 6.03 Å². The van der Waals surface area contributed by atoms with Crippen molar-refractivity contribution in [3.05, 3.63) is 72.3 Å². The molecule has 0 saturated heterocycles. The molecule has 0 fully saturated rings. The van der Waals surface area contributed by atoms with Gasteiger partial charge in [0.05, 0.1) is 30.8 Å². The molecule has 1 aliphatic rings. The standard InChI is InChI=1S/C30H41N5O3/c1-34-22-27(32-24-34)23-35-17-20-38-29-15-14-26(21-28(29)35)33-30(36)31-16-8-2-3-9-18-37-19-10-7-13-25-11-5-4-6-12-25/h4-6,11-12,14-15,21-22,24H,2-3,7-10,13,16-20,23H2,1H3,(H2,31,33,36). The molecule has 2 amide bonds. The van der Waals surface area contributed by atoms with Gasteiger partial charge in [-0.2, -0.15) is 0 Å². The molecule has 4 rings (SSSR count). The van der Waals surface area contributed by atoms with Crippen molar-refractivity contribution in [3.8, 4) is 5.75 Å². The van der Waals surface area contributed by atoms with Gasteiger partial charge < -0.3 is 29.6 Å². The molecule has 0 aliphatic carbocycles. The number of fused-ring (bicyclic) bond motifs is 1. The Hall–Kier alpha value is -3.52. The average Bonchev–Trinajstić information content (AvgIpc) is 3.34. The van der Waals surface area contributed by atoms with E-state index in [-0.39, 0.29) is 6.03 Å². The minimum atomic E-state index is -0.184. The lowest BCUT2D eigenvalue weighted by molar-refractivity contribution is 0.126. The first-order chi connectivity index (χ1) is 18.7. The first-order valence-corrected chi connectivity index (χ1v) is 13.8. The monoisotopic (exact) mass is 519 g/mol. The molecule has 3 aromatic rings. The lowest BCUT2D eigenvalue weighted by Crippen LogP contribution is -2.33. The molecule has 38 heavy (non-hydrogen) atoms. The van der Waals surface area contributed by atoms with E-state index < -0.39 is 0 Å². The van der Waals surface area contributed by atoms with Gasteiger partial charge in [0.1, 0.15) is 12.4 Å². The van der Waals surface area contributed by atoms with Gasteiger partial charge in [-0.25, -0.2) is 9.78 Å². The van der Waals surface area contributed by atoms with Gasteiger partial charge in [-0.15, -0.1) is 0 Å². The van der Waals surface area contributed by atoms with Crippen LogP contribution in [-0.2, 0) is 24.8 Å². The minimum absolute atomic E-state index is 0.184. The van der Waals surface area contributed by atoms with Crippen LogP contribution in [0.2, 0.25) is 0 Å². The summed E-state index contributed by atoms with van der Waals surface area (Å²) in [5.41, 5.74) is 4.12. The van der Waals surface area contributed by atoms with Crippen molar-refractivity contribution in [1.82, 2.24) is 14.9 Å².